The fraction of sp³-hybridized carbons (Fsp3) is 0.526. The average molecular weight is 370 g/mol. The van der Waals surface area contributed by atoms with Crippen LogP contribution in [0.1, 0.15) is 62.7 Å². The summed E-state index contributed by atoms with van der Waals surface area (Å²) in [6.07, 6.45) is 6.02. The predicted molar refractivity (Wildman–Crippen MR) is 98.1 cm³/mol. The molecule has 1 aromatic rings. The van der Waals surface area contributed by atoms with Crippen molar-refractivity contribution < 1.29 is 34.4 Å². The molecule has 7 nitrogen and oxygen atoms in total. The van der Waals surface area contributed by atoms with E-state index < -0.39 is 18.0 Å². The first kappa shape index (κ1) is 25.8. The fourth-order valence-electron chi connectivity index (χ4n) is 1.76. The zero-order valence-corrected chi connectivity index (χ0v) is 15.5. The van der Waals surface area contributed by atoms with Crippen molar-refractivity contribution in [3.8, 4) is 0 Å². The number of esters is 1. The topological polar surface area (TPSA) is 121 Å². The van der Waals surface area contributed by atoms with Crippen LogP contribution in [0.15, 0.2) is 30.3 Å². The molecule has 0 aromatic heterocycles. The lowest BCUT2D eigenvalue weighted by Gasteiger charge is -2.05. The second kappa shape index (κ2) is 18.9. The summed E-state index contributed by atoms with van der Waals surface area (Å²) in [4.78, 5) is 29.4. The molecule has 0 aliphatic carbocycles. The maximum atomic E-state index is 10.8. The molecule has 1 rings (SSSR count). The van der Waals surface area contributed by atoms with Gasteiger partial charge in [0.15, 0.2) is 0 Å². The molecule has 1 unspecified atom stereocenters. The van der Waals surface area contributed by atoms with Crippen LogP contribution >= 0.6 is 0 Å². The Bertz CT molecular complexity index is 472. The maximum Gasteiger partial charge on any atom is 0.335 e. The van der Waals surface area contributed by atoms with Crippen molar-refractivity contribution >= 4 is 18.4 Å². The van der Waals surface area contributed by atoms with Gasteiger partial charge in [-0.05, 0) is 25.5 Å². The van der Waals surface area contributed by atoms with Crippen LogP contribution < -0.4 is 0 Å². The van der Waals surface area contributed by atoms with Gasteiger partial charge in [-0.15, -0.1) is 0 Å². The first-order valence-electron chi connectivity index (χ1n) is 8.61. The Balaban J connectivity index is 0. The SMILES string of the molecule is CCCCCCCCOC(=O)C(C)O.O=C(O)c1ccccc1.O=CO. The summed E-state index contributed by atoms with van der Waals surface area (Å²) in [5.74, 6) is -1.39. The van der Waals surface area contributed by atoms with Crippen LogP contribution in [0.2, 0.25) is 0 Å². The van der Waals surface area contributed by atoms with Gasteiger partial charge in [-0.3, -0.25) is 4.79 Å². The number of aromatic carboxylic acids is 1. The first-order chi connectivity index (χ1) is 12.4. The summed E-state index contributed by atoms with van der Waals surface area (Å²) in [6.45, 7) is 3.80. The normalized spacial score (nSPS) is 10.3. The van der Waals surface area contributed by atoms with Crippen molar-refractivity contribution in [3.63, 3.8) is 0 Å². The quantitative estimate of drug-likeness (QED) is 0.346. The zero-order valence-electron chi connectivity index (χ0n) is 15.5. The summed E-state index contributed by atoms with van der Waals surface area (Å²) in [6, 6.07) is 8.30. The van der Waals surface area contributed by atoms with Crippen LogP contribution in [0.25, 0.3) is 0 Å². The van der Waals surface area contributed by atoms with Crippen molar-refractivity contribution in [2.45, 2.75) is 58.5 Å². The smallest absolute Gasteiger partial charge is 0.335 e. The lowest BCUT2D eigenvalue weighted by atomic mass is 10.1. The molecule has 0 amide bonds. The highest BCUT2D eigenvalue weighted by atomic mass is 16.5. The van der Waals surface area contributed by atoms with E-state index in [0.717, 1.165) is 12.8 Å². The number of aliphatic hydroxyl groups excluding tert-OH is 1. The molecule has 0 heterocycles. The van der Waals surface area contributed by atoms with E-state index in [2.05, 4.69) is 6.92 Å². The van der Waals surface area contributed by atoms with E-state index in [0.29, 0.717) is 12.2 Å². The van der Waals surface area contributed by atoms with E-state index in [1.807, 2.05) is 0 Å². The minimum absolute atomic E-state index is 0.250. The second-order valence-electron chi connectivity index (χ2n) is 5.39. The first-order valence-corrected chi connectivity index (χ1v) is 8.61. The number of hydrogen-bond acceptors (Lipinski definition) is 5. The van der Waals surface area contributed by atoms with E-state index >= 15 is 0 Å². The van der Waals surface area contributed by atoms with Crippen LogP contribution in [0.4, 0.5) is 0 Å². The number of benzene rings is 1. The van der Waals surface area contributed by atoms with Gasteiger partial charge >= 0.3 is 11.9 Å². The number of ether oxygens (including phenoxy) is 1. The molecule has 148 valence electrons. The van der Waals surface area contributed by atoms with Crippen molar-refractivity contribution in [2.24, 2.45) is 0 Å². The standard InChI is InChI=1S/C11H22O3.C7H6O2.CH2O2/c1-3-4-5-6-7-8-9-14-11(13)10(2)12;8-7(9)6-4-2-1-3-5-6;2-1-3/h10,12H,3-9H2,1-2H3;1-5H,(H,8,9);1H,(H,2,3). The van der Waals surface area contributed by atoms with Gasteiger partial charge in [-0.2, -0.15) is 0 Å². The Morgan fingerprint density at radius 2 is 1.58 bits per heavy atom. The molecule has 0 bridgehead atoms. The number of carboxylic acid groups (broad SMARTS) is 2. The Morgan fingerprint density at radius 3 is 2.00 bits per heavy atom. The van der Waals surface area contributed by atoms with E-state index in [9.17, 15) is 9.59 Å². The molecule has 26 heavy (non-hydrogen) atoms. The maximum absolute atomic E-state index is 10.8. The van der Waals surface area contributed by atoms with E-state index in [1.165, 1.54) is 32.6 Å². The Labute approximate surface area is 154 Å². The van der Waals surface area contributed by atoms with Crippen LogP contribution in [0.3, 0.4) is 0 Å². The largest absolute Gasteiger partial charge is 0.483 e. The van der Waals surface area contributed by atoms with Crippen molar-refractivity contribution in [2.75, 3.05) is 6.61 Å². The molecule has 0 aliphatic heterocycles. The van der Waals surface area contributed by atoms with Crippen LogP contribution in [-0.2, 0) is 14.3 Å². The molecule has 0 radical (unpaired) electrons. The van der Waals surface area contributed by atoms with Gasteiger partial charge < -0.3 is 20.1 Å². The third-order valence-corrected chi connectivity index (χ3v) is 3.10. The van der Waals surface area contributed by atoms with Gasteiger partial charge in [-0.1, -0.05) is 57.2 Å². The van der Waals surface area contributed by atoms with Gasteiger partial charge in [0, 0.05) is 0 Å². The number of carbonyl (C=O) groups is 3. The lowest BCUT2D eigenvalue weighted by molar-refractivity contribution is -0.152. The molecule has 0 fully saturated rings. The number of aliphatic hydroxyl groups is 1. The average Bonchev–Trinajstić information content (AvgIpc) is 2.62. The third-order valence-electron chi connectivity index (χ3n) is 3.10. The minimum Gasteiger partial charge on any atom is -0.483 e. The molecule has 0 aliphatic rings. The zero-order chi connectivity index (χ0) is 20.2. The number of rotatable bonds is 9. The number of carboxylic acids is 1. The van der Waals surface area contributed by atoms with E-state index in [-0.39, 0.29) is 6.47 Å². The third kappa shape index (κ3) is 17.9. The Hall–Kier alpha value is -2.41. The van der Waals surface area contributed by atoms with Gasteiger partial charge in [0.1, 0.15) is 6.10 Å². The number of hydrogen-bond donors (Lipinski definition) is 3. The van der Waals surface area contributed by atoms with Crippen LogP contribution in [-0.4, -0.2) is 46.4 Å². The highest BCUT2D eigenvalue weighted by molar-refractivity contribution is 5.87. The van der Waals surface area contributed by atoms with Crippen LogP contribution in [0, 0.1) is 0 Å². The van der Waals surface area contributed by atoms with Gasteiger partial charge in [0.05, 0.1) is 12.2 Å². The molecule has 1 aromatic carbocycles. The summed E-state index contributed by atoms with van der Waals surface area (Å²) in [5, 5.41) is 24.1. The molecule has 3 N–H and O–H groups in total. The number of unbranched alkanes of at least 4 members (excludes halogenated alkanes) is 5. The van der Waals surface area contributed by atoms with Crippen molar-refractivity contribution in [1.29, 1.82) is 0 Å². The van der Waals surface area contributed by atoms with E-state index in [1.54, 1.807) is 30.3 Å². The van der Waals surface area contributed by atoms with E-state index in [4.69, 9.17) is 24.9 Å². The molecule has 0 saturated heterocycles. The molecular weight excluding hydrogens is 340 g/mol. The molecule has 0 spiro atoms. The summed E-state index contributed by atoms with van der Waals surface area (Å²) < 4.78 is 4.82. The number of carbonyl (C=O) groups excluding carboxylic acids is 1. The monoisotopic (exact) mass is 370 g/mol. The van der Waals surface area contributed by atoms with Crippen LogP contribution in [0.5, 0.6) is 0 Å². The molecular formula is C19H30O7. The Kier molecular flexibility index (Phi) is 18.8. The van der Waals surface area contributed by atoms with Gasteiger partial charge in [0.2, 0.25) is 0 Å². The Morgan fingerprint density at radius 1 is 1.08 bits per heavy atom. The fourth-order valence-corrected chi connectivity index (χ4v) is 1.76. The summed E-state index contributed by atoms with van der Waals surface area (Å²) in [7, 11) is 0. The van der Waals surface area contributed by atoms with Gasteiger partial charge in [0.25, 0.3) is 6.47 Å². The summed E-state index contributed by atoms with van der Waals surface area (Å²) in [5.41, 5.74) is 0.331. The minimum atomic E-state index is -0.991. The molecule has 0 saturated carbocycles. The lowest BCUT2D eigenvalue weighted by Crippen LogP contribution is -2.19. The highest BCUT2D eigenvalue weighted by Gasteiger charge is 2.08. The van der Waals surface area contributed by atoms with Crippen molar-refractivity contribution in [1.82, 2.24) is 0 Å². The molecule has 1 atom stereocenters. The second-order valence-corrected chi connectivity index (χ2v) is 5.39. The van der Waals surface area contributed by atoms with Crippen molar-refractivity contribution in [3.05, 3.63) is 35.9 Å². The predicted octanol–water partition coefficient (Wildman–Crippen LogP) is 3.36. The summed E-state index contributed by atoms with van der Waals surface area (Å²) >= 11 is 0. The molecule has 7 heteroatoms. The highest BCUT2D eigenvalue weighted by Crippen LogP contribution is 2.05. The van der Waals surface area contributed by atoms with Gasteiger partial charge in [-0.25, -0.2) is 9.59 Å².